The highest BCUT2D eigenvalue weighted by Gasteiger charge is 2.20. The number of aromatic nitrogens is 1. The van der Waals surface area contributed by atoms with E-state index in [1.807, 2.05) is 0 Å². The van der Waals surface area contributed by atoms with E-state index in [9.17, 15) is 9.59 Å². The zero-order valence-corrected chi connectivity index (χ0v) is 10.9. The van der Waals surface area contributed by atoms with Crippen LogP contribution in [-0.2, 0) is 0 Å². The van der Waals surface area contributed by atoms with E-state index in [-0.39, 0.29) is 17.5 Å². The first-order valence-corrected chi connectivity index (χ1v) is 6.61. The molecule has 1 amide bonds. The fourth-order valence-corrected chi connectivity index (χ4v) is 2.34. The van der Waals surface area contributed by atoms with Crippen LogP contribution in [0, 0.1) is 0 Å². The minimum absolute atomic E-state index is 0.177. The Labute approximate surface area is 112 Å². The van der Waals surface area contributed by atoms with Crippen LogP contribution in [0.3, 0.4) is 0 Å². The van der Waals surface area contributed by atoms with Crippen molar-refractivity contribution in [2.45, 2.75) is 18.9 Å². The van der Waals surface area contributed by atoms with Gasteiger partial charge in [0.2, 0.25) is 5.56 Å². The Kier molecular flexibility index (Phi) is 4.70. The normalized spacial score (nSPS) is 17.3. The number of nitrogens with one attached hydrogen (secondary N) is 2. The summed E-state index contributed by atoms with van der Waals surface area (Å²) in [4.78, 5) is 27.9. The van der Waals surface area contributed by atoms with Crippen molar-refractivity contribution in [3.8, 4) is 0 Å². The van der Waals surface area contributed by atoms with Crippen LogP contribution in [0.15, 0.2) is 23.1 Å². The number of nitrogens with two attached hydrogens (primary N) is 1. The quantitative estimate of drug-likeness (QED) is 0.685. The van der Waals surface area contributed by atoms with Crippen LogP contribution < -0.4 is 16.6 Å². The first-order chi connectivity index (χ1) is 9.19. The van der Waals surface area contributed by atoms with Gasteiger partial charge in [0.05, 0.1) is 0 Å². The van der Waals surface area contributed by atoms with Crippen molar-refractivity contribution in [3.05, 3.63) is 34.2 Å². The number of pyridine rings is 1. The lowest BCUT2D eigenvalue weighted by molar-refractivity contribution is 0.0911. The topological polar surface area (TPSA) is 91.2 Å². The monoisotopic (exact) mass is 264 g/mol. The number of piperidine rings is 1. The Morgan fingerprint density at radius 3 is 2.84 bits per heavy atom. The molecule has 1 aromatic heterocycles. The average Bonchev–Trinajstić information content (AvgIpc) is 2.41. The summed E-state index contributed by atoms with van der Waals surface area (Å²) < 4.78 is 0. The number of likely N-dealkylation sites (tertiary alicyclic amines) is 1. The predicted molar refractivity (Wildman–Crippen MR) is 73.0 cm³/mol. The maximum atomic E-state index is 12.0. The van der Waals surface area contributed by atoms with Gasteiger partial charge in [0.1, 0.15) is 0 Å². The summed E-state index contributed by atoms with van der Waals surface area (Å²) in [5.74, 6) is -0.177. The van der Waals surface area contributed by atoms with Crippen molar-refractivity contribution >= 4 is 5.91 Å². The molecule has 0 radical (unpaired) electrons. The molecule has 1 saturated heterocycles. The minimum atomic E-state index is -0.259. The number of carbonyl (C=O) groups excluding carboxylic acids is 1. The van der Waals surface area contributed by atoms with Crippen molar-refractivity contribution < 1.29 is 4.79 Å². The van der Waals surface area contributed by atoms with Crippen molar-refractivity contribution in [1.82, 2.24) is 15.2 Å². The lowest BCUT2D eigenvalue weighted by Crippen LogP contribution is -2.45. The molecule has 104 valence electrons. The van der Waals surface area contributed by atoms with Gasteiger partial charge in [-0.3, -0.25) is 9.59 Å². The summed E-state index contributed by atoms with van der Waals surface area (Å²) in [6.07, 6.45) is 3.34. The fraction of sp³-hybridized carbons (Fsp3) is 0.538. The summed E-state index contributed by atoms with van der Waals surface area (Å²) >= 11 is 0. The van der Waals surface area contributed by atoms with Gasteiger partial charge in [-0.05, 0) is 18.9 Å². The van der Waals surface area contributed by atoms with Crippen molar-refractivity contribution in [2.75, 3.05) is 26.2 Å². The predicted octanol–water partition coefficient (Wildman–Crippen LogP) is -0.472. The van der Waals surface area contributed by atoms with Crippen molar-refractivity contribution in [3.63, 3.8) is 0 Å². The summed E-state index contributed by atoms with van der Waals surface area (Å²) in [5.41, 5.74) is 5.67. The third-order valence-electron chi connectivity index (χ3n) is 3.41. The molecular formula is C13H20N4O2. The van der Waals surface area contributed by atoms with E-state index in [1.54, 1.807) is 6.07 Å². The summed E-state index contributed by atoms with van der Waals surface area (Å²) in [7, 11) is 0. The summed E-state index contributed by atoms with van der Waals surface area (Å²) in [6.45, 7) is 3.49. The van der Waals surface area contributed by atoms with E-state index in [4.69, 9.17) is 5.73 Å². The van der Waals surface area contributed by atoms with Crippen LogP contribution in [-0.4, -0.2) is 48.0 Å². The number of aromatic amines is 1. The molecule has 0 bridgehead atoms. The molecule has 6 heteroatoms. The Hall–Kier alpha value is -1.66. The Morgan fingerprint density at radius 1 is 1.47 bits per heavy atom. The van der Waals surface area contributed by atoms with Gasteiger partial charge in [-0.15, -0.1) is 0 Å². The second-order valence-corrected chi connectivity index (χ2v) is 4.82. The molecule has 2 heterocycles. The van der Waals surface area contributed by atoms with Crippen LogP contribution in [0.1, 0.15) is 23.2 Å². The minimum Gasteiger partial charge on any atom is -0.349 e. The molecule has 4 N–H and O–H groups in total. The Balaban J connectivity index is 1.85. The van der Waals surface area contributed by atoms with E-state index in [0.29, 0.717) is 12.1 Å². The van der Waals surface area contributed by atoms with Crippen LogP contribution in [0.2, 0.25) is 0 Å². The van der Waals surface area contributed by atoms with E-state index in [2.05, 4.69) is 15.2 Å². The highest BCUT2D eigenvalue weighted by atomic mass is 16.2. The molecule has 0 saturated carbocycles. The summed E-state index contributed by atoms with van der Waals surface area (Å²) in [5, 5.41) is 2.98. The molecule has 1 fully saturated rings. The average molecular weight is 264 g/mol. The largest absolute Gasteiger partial charge is 0.349 e. The number of nitrogens with zero attached hydrogens (tertiary/aromatic N) is 1. The van der Waals surface area contributed by atoms with Crippen LogP contribution in [0.25, 0.3) is 0 Å². The molecule has 6 nitrogen and oxygen atoms in total. The molecule has 1 aromatic rings. The lowest BCUT2D eigenvalue weighted by atomic mass is 10.0. The standard InChI is InChI=1S/C13H20N4O2/c14-4-8-17-6-2-11(3-7-17)16-13(19)10-1-5-15-12(18)9-10/h1,5,9,11H,2-4,6-8,14H2,(H,15,18)(H,16,19). The molecule has 1 aliphatic rings. The number of hydrogen-bond acceptors (Lipinski definition) is 4. The molecule has 0 aromatic carbocycles. The Morgan fingerprint density at radius 2 is 2.21 bits per heavy atom. The van der Waals surface area contributed by atoms with E-state index >= 15 is 0 Å². The van der Waals surface area contributed by atoms with Gasteiger partial charge in [-0.2, -0.15) is 0 Å². The molecule has 2 rings (SSSR count). The van der Waals surface area contributed by atoms with E-state index in [1.165, 1.54) is 12.3 Å². The molecule has 0 spiro atoms. The van der Waals surface area contributed by atoms with Crippen LogP contribution in [0.4, 0.5) is 0 Å². The van der Waals surface area contributed by atoms with Gasteiger partial charge in [-0.1, -0.05) is 0 Å². The SMILES string of the molecule is NCCN1CCC(NC(=O)c2cc[nH]c(=O)c2)CC1. The van der Waals surface area contributed by atoms with Crippen molar-refractivity contribution in [2.24, 2.45) is 5.73 Å². The van der Waals surface area contributed by atoms with Gasteiger partial charge in [0, 0.05) is 50.0 Å². The highest BCUT2D eigenvalue weighted by molar-refractivity contribution is 5.94. The van der Waals surface area contributed by atoms with Gasteiger partial charge >= 0.3 is 0 Å². The Bertz CT molecular complexity index is 478. The van der Waals surface area contributed by atoms with E-state index in [0.717, 1.165) is 32.5 Å². The summed E-state index contributed by atoms with van der Waals surface area (Å²) in [6, 6.07) is 3.11. The molecular weight excluding hydrogens is 244 g/mol. The fourth-order valence-electron chi connectivity index (χ4n) is 2.34. The van der Waals surface area contributed by atoms with Gasteiger partial charge < -0.3 is 20.9 Å². The van der Waals surface area contributed by atoms with Gasteiger partial charge in [0.15, 0.2) is 0 Å². The number of H-pyrrole nitrogens is 1. The lowest BCUT2D eigenvalue weighted by Gasteiger charge is -2.31. The molecule has 1 aliphatic heterocycles. The third-order valence-corrected chi connectivity index (χ3v) is 3.41. The second kappa shape index (κ2) is 6.49. The first kappa shape index (κ1) is 13.8. The maximum absolute atomic E-state index is 12.0. The molecule has 0 unspecified atom stereocenters. The zero-order chi connectivity index (χ0) is 13.7. The van der Waals surface area contributed by atoms with Gasteiger partial charge in [0.25, 0.3) is 5.91 Å². The van der Waals surface area contributed by atoms with Crippen LogP contribution >= 0.6 is 0 Å². The number of amides is 1. The number of rotatable bonds is 4. The second-order valence-electron chi connectivity index (χ2n) is 4.82. The highest BCUT2D eigenvalue weighted by Crippen LogP contribution is 2.10. The number of carbonyl (C=O) groups is 1. The smallest absolute Gasteiger partial charge is 0.251 e. The zero-order valence-electron chi connectivity index (χ0n) is 10.9. The maximum Gasteiger partial charge on any atom is 0.251 e. The molecule has 19 heavy (non-hydrogen) atoms. The van der Waals surface area contributed by atoms with Gasteiger partial charge in [-0.25, -0.2) is 0 Å². The van der Waals surface area contributed by atoms with E-state index < -0.39 is 0 Å². The number of hydrogen-bond donors (Lipinski definition) is 3. The van der Waals surface area contributed by atoms with Crippen LogP contribution in [0.5, 0.6) is 0 Å². The third kappa shape index (κ3) is 3.90. The molecule has 0 aliphatic carbocycles. The van der Waals surface area contributed by atoms with Crippen molar-refractivity contribution in [1.29, 1.82) is 0 Å². The molecule has 0 atom stereocenters. The first-order valence-electron chi connectivity index (χ1n) is 6.61.